The first-order valence-corrected chi connectivity index (χ1v) is 8.99. The minimum atomic E-state index is -4.63. The summed E-state index contributed by atoms with van der Waals surface area (Å²) in [7, 11) is -4.63. The van der Waals surface area contributed by atoms with Crippen molar-refractivity contribution in [2.45, 2.75) is 19.0 Å². The summed E-state index contributed by atoms with van der Waals surface area (Å²) in [6.45, 7) is 2.56. The second-order valence-corrected chi connectivity index (χ2v) is 6.83. The van der Waals surface area contributed by atoms with Crippen molar-refractivity contribution < 1.29 is 23.9 Å². The Morgan fingerprint density at radius 1 is 1.09 bits per heavy atom. The second-order valence-electron chi connectivity index (χ2n) is 5.14. The van der Waals surface area contributed by atoms with Crippen LogP contribution < -0.4 is 4.74 Å². The number of ether oxygens (including phenoxy) is 1. The summed E-state index contributed by atoms with van der Waals surface area (Å²) < 4.78 is 17.2. The maximum Gasteiger partial charge on any atom is 0.340 e. The topological polar surface area (TPSA) is 83.8 Å². The number of hydrogen-bond donors (Lipinski definition) is 2. The zero-order valence-electron chi connectivity index (χ0n) is 12.8. The summed E-state index contributed by atoms with van der Waals surface area (Å²) >= 11 is 0. The first-order chi connectivity index (χ1) is 10.9. The highest BCUT2D eigenvalue weighted by molar-refractivity contribution is 7.53. The van der Waals surface area contributed by atoms with E-state index in [1.54, 1.807) is 42.5 Å². The number of carbonyl (C=O) groups is 1. The summed E-state index contributed by atoms with van der Waals surface area (Å²) in [6, 6.07) is 14.4. The molecule has 2 aromatic rings. The van der Waals surface area contributed by atoms with Crippen LogP contribution in [0.3, 0.4) is 0 Å². The van der Waals surface area contributed by atoms with Gasteiger partial charge in [0.05, 0.1) is 6.61 Å². The van der Waals surface area contributed by atoms with Gasteiger partial charge >= 0.3 is 7.60 Å². The Morgan fingerprint density at radius 3 is 2.22 bits per heavy atom. The molecule has 0 bridgehead atoms. The van der Waals surface area contributed by atoms with Crippen molar-refractivity contribution in [3.8, 4) is 5.75 Å². The van der Waals surface area contributed by atoms with Gasteiger partial charge in [0.1, 0.15) is 11.4 Å². The molecule has 0 saturated carbocycles. The molecule has 0 fully saturated rings. The fourth-order valence-corrected chi connectivity index (χ4v) is 3.24. The van der Waals surface area contributed by atoms with Crippen LogP contribution in [-0.4, -0.2) is 22.2 Å². The van der Waals surface area contributed by atoms with E-state index in [0.717, 1.165) is 6.42 Å². The van der Waals surface area contributed by atoms with Gasteiger partial charge in [-0.2, -0.15) is 0 Å². The summed E-state index contributed by atoms with van der Waals surface area (Å²) in [5.41, 5.74) is -0.950. The van der Waals surface area contributed by atoms with Crippen LogP contribution in [0.25, 0.3) is 0 Å². The monoisotopic (exact) mass is 334 g/mol. The fraction of sp³-hybridized carbons (Fsp3) is 0.235. The van der Waals surface area contributed by atoms with E-state index in [9.17, 15) is 19.1 Å². The first-order valence-electron chi connectivity index (χ1n) is 7.30. The van der Waals surface area contributed by atoms with E-state index < -0.39 is 19.0 Å². The lowest BCUT2D eigenvalue weighted by atomic mass is 10.0. The van der Waals surface area contributed by atoms with Crippen LogP contribution in [0.4, 0.5) is 0 Å². The van der Waals surface area contributed by atoms with Crippen molar-refractivity contribution in [1.29, 1.82) is 0 Å². The molecule has 0 aromatic heterocycles. The average molecular weight is 334 g/mol. The molecule has 0 spiro atoms. The third-order valence-corrected chi connectivity index (χ3v) is 4.52. The molecule has 0 aliphatic rings. The molecule has 5 nitrogen and oxygen atoms in total. The van der Waals surface area contributed by atoms with Crippen LogP contribution in [0, 0.1) is 0 Å². The van der Waals surface area contributed by atoms with Crippen LogP contribution in [0.15, 0.2) is 54.6 Å². The Kier molecular flexibility index (Phi) is 5.72. The normalized spacial score (nSPS) is 12.7. The molecule has 0 radical (unpaired) electrons. The van der Waals surface area contributed by atoms with E-state index in [1.807, 2.05) is 6.92 Å². The maximum absolute atomic E-state index is 12.6. The molecule has 1 unspecified atom stereocenters. The molecule has 0 heterocycles. The summed E-state index contributed by atoms with van der Waals surface area (Å²) in [5, 5.41) is 0. The Morgan fingerprint density at radius 2 is 1.70 bits per heavy atom. The van der Waals surface area contributed by atoms with Crippen molar-refractivity contribution in [3.05, 3.63) is 65.7 Å². The molecule has 6 heteroatoms. The van der Waals surface area contributed by atoms with Gasteiger partial charge < -0.3 is 14.5 Å². The Labute approximate surface area is 135 Å². The molecule has 0 amide bonds. The largest absolute Gasteiger partial charge is 0.494 e. The third kappa shape index (κ3) is 4.52. The lowest BCUT2D eigenvalue weighted by Crippen LogP contribution is -2.13. The molecule has 1 atom stereocenters. The zero-order chi connectivity index (χ0) is 16.9. The number of ketones is 1. The quantitative estimate of drug-likeness (QED) is 0.597. The van der Waals surface area contributed by atoms with Gasteiger partial charge in [-0.25, -0.2) is 0 Å². The SMILES string of the molecule is CCCOc1ccc(C(=O)C(c2ccccc2)P(=O)(O)O)cc1. The average Bonchev–Trinajstić information content (AvgIpc) is 2.53. The summed E-state index contributed by atoms with van der Waals surface area (Å²) in [4.78, 5) is 31.8. The van der Waals surface area contributed by atoms with E-state index in [2.05, 4.69) is 0 Å². The van der Waals surface area contributed by atoms with Crippen LogP contribution in [0.2, 0.25) is 0 Å². The fourth-order valence-electron chi connectivity index (χ4n) is 2.23. The molecule has 2 rings (SSSR count). The molecule has 23 heavy (non-hydrogen) atoms. The van der Waals surface area contributed by atoms with E-state index in [4.69, 9.17) is 4.74 Å². The number of hydrogen-bond acceptors (Lipinski definition) is 3. The number of carbonyl (C=O) groups excluding carboxylic acids is 1. The number of Topliss-reactive ketones (excluding diaryl/α,β-unsaturated/α-hetero) is 1. The maximum atomic E-state index is 12.6. The van der Waals surface area contributed by atoms with Gasteiger partial charge in [0.25, 0.3) is 0 Å². The lowest BCUT2D eigenvalue weighted by molar-refractivity contribution is 0.0978. The summed E-state index contributed by atoms with van der Waals surface area (Å²) in [6.07, 6.45) is 0.870. The minimum absolute atomic E-state index is 0.242. The molecular formula is C17H19O5P. The molecule has 0 aliphatic heterocycles. The highest BCUT2D eigenvalue weighted by atomic mass is 31.2. The van der Waals surface area contributed by atoms with Crippen molar-refractivity contribution in [1.82, 2.24) is 0 Å². The highest BCUT2D eigenvalue weighted by Crippen LogP contribution is 2.53. The van der Waals surface area contributed by atoms with Crippen molar-refractivity contribution in [2.24, 2.45) is 0 Å². The Hall–Kier alpha value is -1.94. The van der Waals surface area contributed by atoms with Crippen LogP contribution in [0.1, 0.15) is 34.9 Å². The molecule has 122 valence electrons. The lowest BCUT2D eigenvalue weighted by Gasteiger charge is -2.18. The molecule has 2 N–H and O–H groups in total. The molecular weight excluding hydrogens is 315 g/mol. The highest BCUT2D eigenvalue weighted by Gasteiger charge is 2.37. The predicted octanol–water partition coefficient (Wildman–Crippen LogP) is 3.58. The van der Waals surface area contributed by atoms with E-state index in [-0.39, 0.29) is 5.56 Å². The second kappa shape index (κ2) is 7.55. The van der Waals surface area contributed by atoms with Crippen molar-refractivity contribution >= 4 is 13.4 Å². The molecule has 0 saturated heterocycles. The van der Waals surface area contributed by atoms with Gasteiger partial charge in [-0.05, 0) is 36.2 Å². The third-order valence-electron chi connectivity index (χ3n) is 3.31. The van der Waals surface area contributed by atoms with E-state index >= 15 is 0 Å². The van der Waals surface area contributed by atoms with E-state index in [0.29, 0.717) is 17.9 Å². The summed E-state index contributed by atoms with van der Waals surface area (Å²) in [5.74, 6) is 0.0161. The molecule has 0 aliphatic carbocycles. The van der Waals surface area contributed by atoms with Gasteiger partial charge in [0, 0.05) is 5.56 Å². The van der Waals surface area contributed by atoms with Crippen LogP contribution in [0.5, 0.6) is 5.75 Å². The van der Waals surface area contributed by atoms with Gasteiger partial charge in [0.2, 0.25) is 0 Å². The van der Waals surface area contributed by atoms with Gasteiger partial charge in [-0.3, -0.25) is 9.36 Å². The zero-order valence-corrected chi connectivity index (χ0v) is 13.6. The number of rotatable bonds is 7. The van der Waals surface area contributed by atoms with Crippen molar-refractivity contribution in [3.63, 3.8) is 0 Å². The molecule has 2 aromatic carbocycles. The van der Waals surface area contributed by atoms with Gasteiger partial charge in [-0.1, -0.05) is 37.3 Å². The Bertz CT molecular complexity index is 691. The predicted molar refractivity (Wildman–Crippen MR) is 87.8 cm³/mol. The van der Waals surface area contributed by atoms with Gasteiger partial charge in [0.15, 0.2) is 5.78 Å². The van der Waals surface area contributed by atoms with E-state index in [1.165, 1.54) is 12.1 Å². The first kappa shape index (κ1) is 17.4. The van der Waals surface area contributed by atoms with Crippen LogP contribution >= 0.6 is 7.60 Å². The Balaban J connectivity index is 2.29. The van der Waals surface area contributed by atoms with Crippen LogP contribution in [-0.2, 0) is 4.57 Å². The smallest absolute Gasteiger partial charge is 0.340 e. The van der Waals surface area contributed by atoms with Gasteiger partial charge in [-0.15, -0.1) is 0 Å². The van der Waals surface area contributed by atoms with Crippen molar-refractivity contribution in [2.75, 3.05) is 6.61 Å². The minimum Gasteiger partial charge on any atom is -0.494 e. The standard InChI is InChI=1S/C17H19O5P/c1-2-12-22-15-10-8-13(9-11-15)16(18)17(23(19,20)21)14-6-4-3-5-7-14/h3-11,17H,2,12H2,1H3,(H2,19,20,21). The number of benzene rings is 2.